The fraction of sp³-hybridized carbons (Fsp3) is 0.316. The lowest BCUT2D eigenvalue weighted by molar-refractivity contribution is 0.0253. The van der Waals surface area contributed by atoms with Crippen LogP contribution in [0.5, 0.6) is 0 Å². The molecule has 0 aromatic heterocycles. The van der Waals surface area contributed by atoms with Gasteiger partial charge in [0.1, 0.15) is 0 Å². The van der Waals surface area contributed by atoms with Crippen molar-refractivity contribution >= 4 is 0 Å². The molecular formula is C19H20N2O. The zero-order chi connectivity index (χ0) is 15.2. The van der Waals surface area contributed by atoms with Crippen LogP contribution in [0.4, 0.5) is 0 Å². The lowest BCUT2D eigenvalue weighted by Gasteiger charge is -2.23. The molecule has 0 bridgehead atoms. The second-order valence-corrected chi connectivity index (χ2v) is 5.63. The van der Waals surface area contributed by atoms with Crippen molar-refractivity contribution in [3.63, 3.8) is 0 Å². The summed E-state index contributed by atoms with van der Waals surface area (Å²) in [5.41, 5.74) is 3.93. The molecule has 2 aromatic rings. The van der Waals surface area contributed by atoms with Gasteiger partial charge in [-0.3, -0.25) is 0 Å². The van der Waals surface area contributed by atoms with E-state index in [0.717, 1.165) is 30.6 Å². The highest BCUT2D eigenvalue weighted by Gasteiger charge is 2.13. The van der Waals surface area contributed by atoms with Crippen molar-refractivity contribution in [1.29, 1.82) is 5.26 Å². The first-order chi connectivity index (χ1) is 10.9. The van der Waals surface area contributed by atoms with Crippen LogP contribution in [0, 0.1) is 11.3 Å². The lowest BCUT2D eigenvalue weighted by Crippen LogP contribution is -2.35. The highest BCUT2D eigenvalue weighted by Crippen LogP contribution is 2.23. The van der Waals surface area contributed by atoms with Crippen molar-refractivity contribution in [2.24, 2.45) is 0 Å². The van der Waals surface area contributed by atoms with Crippen molar-refractivity contribution in [2.45, 2.75) is 25.6 Å². The van der Waals surface area contributed by atoms with Crippen LogP contribution in [0.1, 0.15) is 24.0 Å². The Balaban J connectivity index is 1.66. The number of rotatable bonds is 4. The molecule has 2 aromatic carbocycles. The zero-order valence-corrected chi connectivity index (χ0v) is 12.6. The molecule has 22 heavy (non-hydrogen) atoms. The fourth-order valence-electron chi connectivity index (χ4n) is 2.79. The van der Waals surface area contributed by atoms with Crippen LogP contribution < -0.4 is 5.32 Å². The average molecular weight is 292 g/mol. The van der Waals surface area contributed by atoms with Gasteiger partial charge in [-0.05, 0) is 42.1 Å². The van der Waals surface area contributed by atoms with Gasteiger partial charge in [-0.2, -0.15) is 5.26 Å². The minimum Gasteiger partial charge on any atom is -0.372 e. The first kappa shape index (κ1) is 14.8. The molecule has 3 rings (SSSR count). The molecule has 0 amide bonds. The summed E-state index contributed by atoms with van der Waals surface area (Å²) in [6.07, 6.45) is 2.66. The van der Waals surface area contributed by atoms with E-state index in [0.29, 0.717) is 18.3 Å². The largest absolute Gasteiger partial charge is 0.372 e. The molecule has 0 aliphatic carbocycles. The van der Waals surface area contributed by atoms with Gasteiger partial charge in [0, 0.05) is 6.54 Å². The average Bonchev–Trinajstić information content (AvgIpc) is 2.61. The van der Waals surface area contributed by atoms with Crippen LogP contribution >= 0.6 is 0 Å². The Bertz CT molecular complexity index is 652. The molecular weight excluding hydrogens is 272 g/mol. The molecule has 0 radical (unpaired) electrons. The van der Waals surface area contributed by atoms with Crippen molar-refractivity contribution in [3.8, 4) is 17.2 Å². The molecule has 3 heteroatoms. The first-order valence-electron chi connectivity index (χ1n) is 7.77. The maximum absolute atomic E-state index is 9.19. The van der Waals surface area contributed by atoms with Crippen molar-refractivity contribution < 1.29 is 4.74 Å². The zero-order valence-electron chi connectivity index (χ0n) is 12.6. The Hall–Kier alpha value is -2.15. The van der Waals surface area contributed by atoms with Crippen LogP contribution in [-0.4, -0.2) is 19.2 Å². The van der Waals surface area contributed by atoms with Gasteiger partial charge in [-0.25, -0.2) is 0 Å². The van der Waals surface area contributed by atoms with Gasteiger partial charge >= 0.3 is 0 Å². The topological polar surface area (TPSA) is 45.0 Å². The van der Waals surface area contributed by atoms with Crippen LogP contribution in [-0.2, 0) is 11.3 Å². The van der Waals surface area contributed by atoms with Gasteiger partial charge in [-0.1, -0.05) is 42.5 Å². The number of nitrogens with zero attached hydrogens (tertiary/aromatic N) is 1. The first-order valence-corrected chi connectivity index (χ1v) is 7.77. The van der Waals surface area contributed by atoms with E-state index in [4.69, 9.17) is 4.74 Å². The standard InChI is InChI=1S/C19H20N2O/c20-12-17-4-1-2-6-19(17)16-9-7-15(8-10-16)14-22-18-5-3-11-21-13-18/h1-2,4,6-10,18,21H,3,5,11,13-14H2/t18-/m1/s1. The maximum Gasteiger partial charge on any atom is 0.0998 e. The Labute approximate surface area is 131 Å². The fourth-order valence-corrected chi connectivity index (χ4v) is 2.79. The number of hydrogen-bond acceptors (Lipinski definition) is 3. The van der Waals surface area contributed by atoms with Crippen LogP contribution in [0.3, 0.4) is 0 Å². The quantitative estimate of drug-likeness (QED) is 0.938. The number of piperidine rings is 1. The summed E-state index contributed by atoms with van der Waals surface area (Å²) in [6.45, 7) is 2.70. The number of nitriles is 1. The highest BCUT2D eigenvalue weighted by molar-refractivity contribution is 5.70. The van der Waals surface area contributed by atoms with E-state index >= 15 is 0 Å². The normalized spacial score (nSPS) is 17.9. The number of hydrogen-bond donors (Lipinski definition) is 1. The monoisotopic (exact) mass is 292 g/mol. The van der Waals surface area contributed by atoms with E-state index in [2.05, 4.69) is 35.7 Å². The Morgan fingerprint density at radius 3 is 2.68 bits per heavy atom. The molecule has 1 atom stereocenters. The molecule has 3 nitrogen and oxygen atoms in total. The van der Waals surface area contributed by atoms with Crippen LogP contribution in [0.2, 0.25) is 0 Å². The number of nitrogens with one attached hydrogen (secondary N) is 1. The third-order valence-corrected chi connectivity index (χ3v) is 4.05. The van der Waals surface area contributed by atoms with Gasteiger partial charge in [0.15, 0.2) is 0 Å². The maximum atomic E-state index is 9.19. The van der Waals surface area contributed by atoms with E-state index < -0.39 is 0 Å². The molecule has 1 heterocycles. The number of benzene rings is 2. The smallest absolute Gasteiger partial charge is 0.0998 e. The predicted molar refractivity (Wildman–Crippen MR) is 87.3 cm³/mol. The van der Waals surface area contributed by atoms with E-state index in [1.54, 1.807) is 0 Å². The molecule has 112 valence electrons. The van der Waals surface area contributed by atoms with Gasteiger partial charge < -0.3 is 10.1 Å². The van der Waals surface area contributed by atoms with E-state index in [1.807, 2.05) is 24.3 Å². The summed E-state index contributed by atoms with van der Waals surface area (Å²) in [7, 11) is 0. The molecule has 1 saturated heterocycles. The summed E-state index contributed by atoms with van der Waals surface area (Å²) in [4.78, 5) is 0. The summed E-state index contributed by atoms with van der Waals surface area (Å²) in [6, 6.07) is 18.2. The summed E-state index contributed by atoms with van der Waals surface area (Å²) >= 11 is 0. The minimum atomic E-state index is 0.327. The Morgan fingerprint density at radius 2 is 1.95 bits per heavy atom. The Morgan fingerprint density at radius 1 is 1.14 bits per heavy atom. The highest BCUT2D eigenvalue weighted by atomic mass is 16.5. The SMILES string of the molecule is N#Cc1ccccc1-c1ccc(CO[C@@H]2CCCNC2)cc1. The third-order valence-electron chi connectivity index (χ3n) is 4.05. The van der Waals surface area contributed by atoms with Gasteiger partial charge in [0.05, 0.1) is 24.3 Å². The number of ether oxygens (including phenoxy) is 1. The van der Waals surface area contributed by atoms with Gasteiger partial charge in [-0.15, -0.1) is 0 Å². The molecule has 1 fully saturated rings. The Kier molecular flexibility index (Phi) is 4.85. The van der Waals surface area contributed by atoms with E-state index in [9.17, 15) is 5.26 Å². The van der Waals surface area contributed by atoms with Crippen molar-refractivity contribution in [2.75, 3.05) is 13.1 Å². The molecule has 0 spiro atoms. The molecule has 0 unspecified atom stereocenters. The molecule has 0 saturated carbocycles. The predicted octanol–water partition coefficient (Wildman–Crippen LogP) is 3.49. The van der Waals surface area contributed by atoms with Crippen LogP contribution in [0.25, 0.3) is 11.1 Å². The lowest BCUT2D eigenvalue weighted by atomic mass is 9.99. The third kappa shape index (κ3) is 3.54. The van der Waals surface area contributed by atoms with Crippen molar-refractivity contribution in [3.05, 3.63) is 59.7 Å². The van der Waals surface area contributed by atoms with E-state index in [1.165, 1.54) is 12.0 Å². The second kappa shape index (κ2) is 7.22. The summed E-state index contributed by atoms with van der Waals surface area (Å²) in [5, 5.41) is 12.5. The van der Waals surface area contributed by atoms with E-state index in [-0.39, 0.29) is 0 Å². The minimum absolute atomic E-state index is 0.327. The van der Waals surface area contributed by atoms with Crippen molar-refractivity contribution in [1.82, 2.24) is 5.32 Å². The summed E-state index contributed by atoms with van der Waals surface area (Å²) in [5.74, 6) is 0. The summed E-state index contributed by atoms with van der Waals surface area (Å²) < 4.78 is 5.94. The van der Waals surface area contributed by atoms with Gasteiger partial charge in [0.2, 0.25) is 0 Å². The molecule has 1 N–H and O–H groups in total. The molecule has 1 aliphatic rings. The van der Waals surface area contributed by atoms with Gasteiger partial charge in [0.25, 0.3) is 0 Å². The van der Waals surface area contributed by atoms with Crippen LogP contribution in [0.15, 0.2) is 48.5 Å². The molecule has 1 aliphatic heterocycles. The second-order valence-electron chi connectivity index (χ2n) is 5.63.